The molecule has 3 aromatic rings. The van der Waals surface area contributed by atoms with Crippen LogP contribution in [0.3, 0.4) is 0 Å². The van der Waals surface area contributed by atoms with Gasteiger partial charge in [0.25, 0.3) is 0 Å². The van der Waals surface area contributed by atoms with Crippen LogP contribution in [-0.2, 0) is 11.2 Å². The molecule has 6 nitrogen and oxygen atoms in total. The highest BCUT2D eigenvalue weighted by Crippen LogP contribution is 2.21. The summed E-state index contributed by atoms with van der Waals surface area (Å²) >= 11 is 1.30. The molecule has 0 saturated heterocycles. The van der Waals surface area contributed by atoms with E-state index in [1.807, 2.05) is 34.9 Å². The van der Waals surface area contributed by atoms with Crippen LogP contribution in [0.15, 0.2) is 60.0 Å². The van der Waals surface area contributed by atoms with Gasteiger partial charge in [0.1, 0.15) is 17.9 Å². The minimum Gasteiger partial charge on any atom is -0.497 e. The van der Waals surface area contributed by atoms with E-state index in [-0.39, 0.29) is 17.5 Å². The van der Waals surface area contributed by atoms with E-state index in [0.717, 1.165) is 17.0 Å². The molecule has 8 heteroatoms. The van der Waals surface area contributed by atoms with Gasteiger partial charge in [-0.2, -0.15) is 0 Å². The molecule has 1 amide bonds. The van der Waals surface area contributed by atoms with Gasteiger partial charge in [-0.3, -0.25) is 9.36 Å². The fourth-order valence-electron chi connectivity index (χ4n) is 2.46. The van der Waals surface area contributed by atoms with E-state index in [9.17, 15) is 9.18 Å². The second-order valence-corrected chi connectivity index (χ2v) is 6.64. The second kappa shape index (κ2) is 9.18. The summed E-state index contributed by atoms with van der Waals surface area (Å²) in [6.07, 6.45) is 2.18. The van der Waals surface area contributed by atoms with Gasteiger partial charge in [-0.05, 0) is 48.4 Å². The number of hydrogen-bond donors (Lipinski definition) is 1. The number of carbonyl (C=O) groups is 1. The smallest absolute Gasteiger partial charge is 0.230 e. The van der Waals surface area contributed by atoms with Crippen molar-refractivity contribution in [2.45, 2.75) is 11.6 Å². The molecule has 1 aromatic heterocycles. The summed E-state index contributed by atoms with van der Waals surface area (Å²) in [5.74, 6) is 0.601. The zero-order chi connectivity index (χ0) is 19.1. The van der Waals surface area contributed by atoms with E-state index in [4.69, 9.17) is 4.74 Å². The summed E-state index contributed by atoms with van der Waals surface area (Å²) in [4.78, 5) is 12.0. The quantitative estimate of drug-likeness (QED) is 0.603. The third-order valence-electron chi connectivity index (χ3n) is 3.82. The van der Waals surface area contributed by atoms with E-state index in [1.54, 1.807) is 19.5 Å². The third kappa shape index (κ3) is 5.30. The van der Waals surface area contributed by atoms with Gasteiger partial charge in [-0.1, -0.05) is 23.9 Å². The lowest BCUT2D eigenvalue weighted by atomic mass is 10.1. The average Bonchev–Trinajstić information content (AvgIpc) is 3.15. The molecule has 1 N–H and O–H groups in total. The van der Waals surface area contributed by atoms with Gasteiger partial charge in [0, 0.05) is 12.2 Å². The molecular weight excluding hydrogens is 367 g/mol. The first-order valence-electron chi connectivity index (χ1n) is 8.34. The average molecular weight is 386 g/mol. The molecule has 0 radical (unpaired) electrons. The van der Waals surface area contributed by atoms with Crippen molar-refractivity contribution >= 4 is 17.7 Å². The summed E-state index contributed by atoms with van der Waals surface area (Å²) in [6, 6.07) is 13.9. The molecule has 0 fully saturated rings. The number of ether oxygens (including phenoxy) is 1. The van der Waals surface area contributed by atoms with Crippen molar-refractivity contribution < 1.29 is 13.9 Å². The lowest BCUT2D eigenvalue weighted by molar-refractivity contribution is -0.118. The number of benzene rings is 2. The largest absolute Gasteiger partial charge is 0.497 e. The lowest BCUT2D eigenvalue weighted by Crippen LogP contribution is -2.27. The first-order chi connectivity index (χ1) is 13.2. The molecule has 2 aromatic carbocycles. The van der Waals surface area contributed by atoms with Crippen LogP contribution in [0, 0.1) is 5.82 Å². The summed E-state index contributed by atoms with van der Waals surface area (Å²) in [5.41, 5.74) is 1.73. The Labute approximate surface area is 160 Å². The predicted octanol–water partition coefficient (Wildman–Crippen LogP) is 2.87. The topological polar surface area (TPSA) is 69.0 Å². The van der Waals surface area contributed by atoms with E-state index in [2.05, 4.69) is 15.5 Å². The molecule has 0 aliphatic rings. The maximum atomic E-state index is 13.1. The number of rotatable bonds is 8. The van der Waals surface area contributed by atoms with Crippen molar-refractivity contribution in [3.05, 3.63) is 66.2 Å². The van der Waals surface area contributed by atoms with Crippen molar-refractivity contribution in [1.29, 1.82) is 0 Å². The van der Waals surface area contributed by atoms with Crippen molar-refractivity contribution in [2.75, 3.05) is 19.4 Å². The third-order valence-corrected chi connectivity index (χ3v) is 4.77. The van der Waals surface area contributed by atoms with Crippen LogP contribution < -0.4 is 10.1 Å². The minimum atomic E-state index is -0.271. The van der Waals surface area contributed by atoms with Gasteiger partial charge in [-0.15, -0.1) is 10.2 Å². The van der Waals surface area contributed by atoms with Crippen molar-refractivity contribution in [3.8, 4) is 11.4 Å². The molecule has 0 unspecified atom stereocenters. The molecule has 0 spiro atoms. The fraction of sp³-hybridized carbons (Fsp3) is 0.211. The highest BCUT2D eigenvalue weighted by molar-refractivity contribution is 7.99. The minimum absolute atomic E-state index is 0.110. The number of hydrogen-bond acceptors (Lipinski definition) is 5. The van der Waals surface area contributed by atoms with Crippen molar-refractivity contribution in [3.63, 3.8) is 0 Å². The van der Waals surface area contributed by atoms with E-state index in [1.165, 1.54) is 23.9 Å². The van der Waals surface area contributed by atoms with E-state index >= 15 is 0 Å². The number of aromatic nitrogens is 3. The Bertz CT molecular complexity index is 899. The zero-order valence-corrected chi connectivity index (χ0v) is 15.6. The molecule has 1 heterocycles. The molecule has 0 aliphatic carbocycles. The van der Waals surface area contributed by atoms with Gasteiger partial charge in [0.15, 0.2) is 5.16 Å². The zero-order valence-electron chi connectivity index (χ0n) is 14.8. The molecule has 0 aliphatic heterocycles. The first kappa shape index (κ1) is 18.9. The van der Waals surface area contributed by atoms with Crippen LogP contribution in [0.4, 0.5) is 4.39 Å². The highest BCUT2D eigenvalue weighted by Gasteiger charge is 2.10. The fourth-order valence-corrected chi connectivity index (χ4v) is 3.22. The SMILES string of the molecule is COc1ccc(-n2cnnc2SCC(=O)NCCc2cccc(F)c2)cc1. The summed E-state index contributed by atoms with van der Waals surface area (Å²) in [5, 5.41) is 11.4. The van der Waals surface area contributed by atoms with Gasteiger partial charge in [-0.25, -0.2) is 4.39 Å². The number of methoxy groups -OCH3 is 1. The van der Waals surface area contributed by atoms with Crippen LogP contribution in [-0.4, -0.2) is 40.1 Å². The Hall–Kier alpha value is -2.87. The first-order valence-corrected chi connectivity index (χ1v) is 9.32. The second-order valence-electron chi connectivity index (χ2n) is 5.70. The van der Waals surface area contributed by atoms with Gasteiger partial charge >= 0.3 is 0 Å². The Balaban J connectivity index is 1.50. The normalized spacial score (nSPS) is 10.6. The number of halogens is 1. The van der Waals surface area contributed by atoms with Crippen LogP contribution >= 0.6 is 11.8 Å². The summed E-state index contributed by atoms with van der Waals surface area (Å²) in [7, 11) is 1.61. The number of amides is 1. The van der Waals surface area contributed by atoms with E-state index in [0.29, 0.717) is 18.1 Å². The van der Waals surface area contributed by atoms with Crippen LogP contribution in [0.1, 0.15) is 5.56 Å². The molecule has 27 heavy (non-hydrogen) atoms. The molecular formula is C19H19FN4O2S. The Morgan fingerprint density at radius 1 is 1.26 bits per heavy atom. The molecule has 140 valence electrons. The van der Waals surface area contributed by atoms with E-state index < -0.39 is 0 Å². The van der Waals surface area contributed by atoms with Crippen LogP contribution in [0.2, 0.25) is 0 Å². The monoisotopic (exact) mass is 386 g/mol. The molecule has 0 bridgehead atoms. The van der Waals surface area contributed by atoms with Gasteiger partial charge < -0.3 is 10.1 Å². The molecule has 3 rings (SSSR count). The Kier molecular flexibility index (Phi) is 6.43. The summed E-state index contributed by atoms with van der Waals surface area (Å²) in [6.45, 7) is 0.452. The van der Waals surface area contributed by atoms with Crippen LogP contribution in [0.5, 0.6) is 5.75 Å². The standard InChI is InChI=1S/C19H19FN4O2S/c1-26-17-7-5-16(6-8-17)24-13-22-23-19(24)27-12-18(25)21-10-9-14-3-2-4-15(20)11-14/h2-8,11,13H,9-10,12H2,1H3,(H,21,25). The predicted molar refractivity (Wildman–Crippen MR) is 102 cm³/mol. The number of nitrogens with zero attached hydrogens (tertiary/aromatic N) is 3. The molecule has 0 atom stereocenters. The van der Waals surface area contributed by atoms with Gasteiger partial charge in [0.05, 0.1) is 12.9 Å². The maximum Gasteiger partial charge on any atom is 0.230 e. The highest BCUT2D eigenvalue weighted by atomic mass is 32.2. The Morgan fingerprint density at radius 2 is 2.07 bits per heavy atom. The Morgan fingerprint density at radius 3 is 2.81 bits per heavy atom. The van der Waals surface area contributed by atoms with Gasteiger partial charge in [0.2, 0.25) is 5.91 Å². The number of carbonyl (C=O) groups excluding carboxylic acids is 1. The number of thioether (sulfide) groups is 1. The van der Waals surface area contributed by atoms with Crippen molar-refractivity contribution in [1.82, 2.24) is 20.1 Å². The maximum absolute atomic E-state index is 13.1. The van der Waals surface area contributed by atoms with Crippen molar-refractivity contribution in [2.24, 2.45) is 0 Å². The van der Waals surface area contributed by atoms with Crippen LogP contribution in [0.25, 0.3) is 5.69 Å². The summed E-state index contributed by atoms with van der Waals surface area (Å²) < 4.78 is 20.1. The lowest BCUT2D eigenvalue weighted by Gasteiger charge is -2.08. The molecule has 0 saturated carbocycles. The number of nitrogens with one attached hydrogen (secondary N) is 1.